The maximum atomic E-state index is 4.31. The highest BCUT2D eigenvalue weighted by Gasteiger charge is 1.94. The largest absolute Gasteiger partial charge is 0.311 e. The predicted octanol–water partition coefficient (Wildman–Crippen LogP) is 1.63. The van der Waals surface area contributed by atoms with Crippen LogP contribution in [0.2, 0.25) is 0 Å². The fourth-order valence-electron chi connectivity index (χ4n) is 1.16. The average Bonchev–Trinajstić information content (AvgIpc) is 2.18. The average molecular weight is 211 g/mol. The van der Waals surface area contributed by atoms with Crippen LogP contribution in [0.4, 0.5) is 0 Å². The summed E-state index contributed by atoms with van der Waals surface area (Å²) in [5, 5.41) is 3.36. The molecule has 0 radical (unpaired) electrons. The summed E-state index contributed by atoms with van der Waals surface area (Å²) >= 11 is 1.88. The minimum Gasteiger partial charge on any atom is -0.311 e. The lowest BCUT2D eigenvalue weighted by Crippen LogP contribution is -2.16. The molecule has 0 amide bonds. The summed E-state index contributed by atoms with van der Waals surface area (Å²) in [5.41, 5.74) is 1.07. The summed E-state index contributed by atoms with van der Waals surface area (Å²) < 4.78 is 0. The Morgan fingerprint density at radius 3 is 3.07 bits per heavy atom. The van der Waals surface area contributed by atoms with Crippen LogP contribution in [-0.4, -0.2) is 28.5 Å². The Morgan fingerprint density at radius 1 is 1.50 bits per heavy atom. The Morgan fingerprint density at radius 2 is 2.36 bits per heavy atom. The normalized spacial score (nSPS) is 10.4. The molecule has 14 heavy (non-hydrogen) atoms. The Balaban J connectivity index is 2.18. The molecule has 1 rings (SSSR count). The second-order valence-electron chi connectivity index (χ2n) is 3.12. The molecule has 0 saturated carbocycles. The van der Waals surface area contributed by atoms with Crippen molar-refractivity contribution in [1.29, 1.82) is 0 Å². The molecule has 0 fully saturated rings. The number of aryl methyl sites for hydroxylation is 1. The van der Waals surface area contributed by atoms with Crippen molar-refractivity contribution in [3.63, 3.8) is 0 Å². The Bertz CT molecular complexity index is 265. The van der Waals surface area contributed by atoms with Crippen molar-refractivity contribution in [3.05, 3.63) is 23.8 Å². The van der Waals surface area contributed by atoms with Crippen molar-refractivity contribution in [1.82, 2.24) is 15.3 Å². The third kappa shape index (κ3) is 4.58. The van der Waals surface area contributed by atoms with Gasteiger partial charge in [0, 0.05) is 12.7 Å². The first-order valence-electron chi connectivity index (χ1n) is 4.81. The third-order valence-corrected chi connectivity index (χ3v) is 2.54. The maximum Gasteiger partial charge on any atom is 0.125 e. The Kier molecular flexibility index (Phi) is 5.56. The van der Waals surface area contributed by atoms with Gasteiger partial charge >= 0.3 is 0 Å². The molecule has 0 atom stereocenters. The van der Waals surface area contributed by atoms with Gasteiger partial charge in [-0.3, -0.25) is 0 Å². The molecule has 0 unspecified atom stereocenters. The van der Waals surface area contributed by atoms with Gasteiger partial charge in [-0.05, 0) is 38.0 Å². The van der Waals surface area contributed by atoms with Crippen LogP contribution < -0.4 is 5.32 Å². The second-order valence-corrected chi connectivity index (χ2v) is 4.10. The van der Waals surface area contributed by atoms with Gasteiger partial charge in [0.1, 0.15) is 5.82 Å². The van der Waals surface area contributed by atoms with Gasteiger partial charge in [0.2, 0.25) is 0 Å². The van der Waals surface area contributed by atoms with Crippen molar-refractivity contribution >= 4 is 11.8 Å². The molecule has 3 nitrogen and oxygen atoms in total. The van der Waals surface area contributed by atoms with E-state index in [0.29, 0.717) is 0 Å². The van der Waals surface area contributed by atoms with E-state index in [-0.39, 0.29) is 0 Å². The van der Waals surface area contributed by atoms with E-state index >= 15 is 0 Å². The summed E-state index contributed by atoms with van der Waals surface area (Å²) in [4.78, 5) is 8.37. The molecule has 1 aromatic rings. The van der Waals surface area contributed by atoms with Crippen LogP contribution in [0.3, 0.4) is 0 Å². The molecule has 1 N–H and O–H groups in total. The molecule has 0 saturated heterocycles. The Labute approximate surface area is 89.7 Å². The van der Waals surface area contributed by atoms with Gasteiger partial charge in [-0.2, -0.15) is 11.8 Å². The molecule has 0 spiro atoms. The van der Waals surface area contributed by atoms with E-state index in [9.17, 15) is 0 Å². The van der Waals surface area contributed by atoms with Crippen LogP contribution >= 0.6 is 11.8 Å². The second kappa shape index (κ2) is 6.79. The number of nitrogens with one attached hydrogen (secondary N) is 1. The zero-order valence-electron chi connectivity index (χ0n) is 8.79. The van der Waals surface area contributed by atoms with Gasteiger partial charge in [-0.1, -0.05) is 0 Å². The lowest BCUT2D eigenvalue weighted by Gasteiger charge is -2.03. The number of hydrogen-bond donors (Lipinski definition) is 1. The van der Waals surface area contributed by atoms with Crippen molar-refractivity contribution in [2.24, 2.45) is 0 Å². The zero-order chi connectivity index (χ0) is 10.2. The summed E-state index contributed by atoms with van der Waals surface area (Å²) in [6.45, 7) is 3.82. The Hall–Kier alpha value is -0.610. The number of thioether (sulfide) groups is 1. The summed E-state index contributed by atoms with van der Waals surface area (Å²) in [7, 11) is 0. The van der Waals surface area contributed by atoms with E-state index in [1.165, 1.54) is 12.2 Å². The molecule has 4 heteroatoms. The van der Waals surface area contributed by atoms with E-state index in [0.717, 1.165) is 24.6 Å². The van der Waals surface area contributed by atoms with Crippen LogP contribution in [0.1, 0.15) is 17.9 Å². The summed E-state index contributed by atoms with van der Waals surface area (Å²) in [6.07, 6.45) is 5.15. The van der Waals surface area contributed by atoms with Gasteiger partial charge < -0.3 is 5.32 Å². The lowest BCUT2D eigenvalue weighted by atomic mass is 10.4. The molecule has 1 aromatic heterocycles. The molecular formula is C10H17N3S. The number of nitrogens with zero attached hydrogens (tertiary/aromatic N) is 2. The minimum atomic E-state index is 0.841. The van der Waals surface area contributed by atoms with Gasteiger partial charge in [-0.15, -0.1) is 0 Å². The fourth-order valence-corrected chi connectivity index (χ4v) is 1.59. The van der Waals surface area contributed by atoms with Crippen LogP contribution in [0.15, 0.2) is 12.3 Å². The maximum absolute atomic E-state index is 4.31. The van der Waals surface area contributed by atoms with Gasteiger partial charge in [0.05, 0.1) is 5.69 Å². The van der Waals surface area contributed by atoms with Gasteiger partial charge in [0.15, 0.2) is 0 Å². The lowest BCUT2D eigenvalue weighted by molar-refractivity contribution is 0.664. The summed E-state index contributed by atoms with van der Waals surface area (Å²) in [6, 6.07) is 1.95. The highest BCUT2D eigenvalue weighted by atomic mass is 32.2. The molecule has 78 valence electrons. The number of aromatic nitrogens is 2. The van der Waals surface area contributed by atoms with Crippen molar-refractivity contribution in [2.75, 3.05) is 18.6 Å². The van der Waals surface area contributed by atoms with Crippen molar-refractivity contribution < 1.29 is 0 Å². The molecule has 0 aliphatic carbocycles. The SMILES string of the molecule is CSCCCNCc1ccnc(C)n1. The molecule has 0 aliphatic heterocycles. The zero-order valence-corrected chi connectivity index (χ0v) is 9.60. The molecule has 0 bridgehead atoms. The van der Waals surface area contributed by atoms with Crippen LogP contribution in [0, 0.1) is 6.92 Å². The van der Waals surface area contributed by atoms with E-state index in [2.05, 4.69) is 21.5 Å². The summed E-state index contributed by atoms with van der Waals surface area (Å²) in [5.74, 6) is 2.06. The molecular weight excluding hydrogens is 194 g/mol. The van der Waals surface area contributed by atoms with E-state index in [4.69, 9.17) is 0 Å². The van der Waals surface area contributed by atoms with Crippen molar-refractivity contribution in [3.8, 4) is 0 Å². The molecule has 0 aromatic carbocycles. The smallest absolute Gasteiger partial charge is 0.125 e. The van der Waals surface area contributed by atoms with E-state index < -0.39 is 0 Å². The first-order valence-corrected chi connectivity index (χ1v) is 6.20. The van der Waals surface area contributed by atoms with Gasteiger partial charge in [-0.25, -0.2) is 9.97 Å². The van der Waals surface area contributed by atoms with Crippen LogP contribution in [-0.2, 0) is 6.54 Å². The number of rotatable bonds is 6. The van der Waals surface area contributed by atoms with E-state index in [1.807, 2.05) is 24.8 Å². The molecule has 1 heterocycles. The molecule has 0 aliphatic rings. The quantitative estimate of drug-likeness (QED) is 0.726. The predicted molar refractivity (Wildman–Crippen MR) is 61.5 cm³/mol. The minimum absolute atomic E-state index is 0.841. The van der Waals surface area contributed by atoms with Crippen LogP contribution in [0.25, 0.3) is 0 Å². The monoisotopic (exact) mass is 211 g/mol. The highest BCUT2D eigenvalue weighted by Crippen LogP contribution is 1.96. The van der Waals surface area contributed by atoms with E-state index in [1.54, 1.807) is 6.20 Å². The van der Waals surface area contributed by atoms with Crippen molar-refractivity contribution in [2.45, 2.75) is 19.9 Å². The first-order chi connectivity index (χ1) is 6.83. The standard InChI is InChI=1S/C10H17N3S/c1-9-12-6-4-10(13-9)8-11-5-3-7-14-2/h4,6,11H,3,5,7-8H2,1-2H3. The third-order valence-electron chi connectivity index (χ3n) is 1.84. The van der Waals surface area contributed by atoms with Gasteiger partial charge in [0.25, 0.3) is 0 Å². The number of hydrogen-bond acceptors (Lipinski definition) is 4. The fraction of sp³-hybridized carbons (Fsp3) is 0.600. The first kappa shape index (κ1) is 11.5. The topological polar surface area (TPSA) is 37.8 Å². The van der Waals surface area contributed by atoms with Crippen LogP contribution in [0.5, 0.6) is 0 Å². The highest BCUT2D eigenvalue weighted by molar-refractivity contribution is 7.98.